The predicted molar refractivity (Wildman–Crippen MR) is 96.2 cm³/mol. The van der Waals surface area contributed by atoms with Gasteiger partial charge in [-0.25, -0.2) is 9.80 Å². The van der Waals surface area contributed by atoms with Crippen molar-refractivity contribution < 1.29 is 9.90 Å². The van der Waals surface area contributed by atoms with Crippen LogP contribution in [-0.4, -0.2) is 33.6 Å². The number of aromatic amines is 1. The SMILES string of the molecule is CC1=CC(c2[nH]c3cc(C(=O)O)sc3c2C(C)C)=CN2N=CNC12. The third-order valence-corrected chi connectivity index (χ3v) is 5.51. The van der Waals surface area contributed by atoms with Gasteiger partial charge in [-0.15, -0.1) is 11.3 Å². The zero-order chi connectivity index (χ0) is 17.0. The molecular weight excluding hydrogens is 324 g/mol. The summed E-state index contributed by atoms with van der Waals surface area (Å²) >= 11 is 1.33. The standard InChI is InChI=1S/C17H18N4O2S/c1-8(2)13-14(20-11-5-12(17(22)23)24-15(11)13)10-4-9(3)16-18-7-19-21(16)6-10/h4-8,16,20H,1-3H3,(H,18,19)(H,22,23). The Bertz CT molecular complexity index is 932. The Balaban J connectivity index is 1.87. The van der Waals surface area contributed by atoms with E-state index in [9.17, 15) is 9.90 Å². The highest BCUT2D eigenvalue weighted by atomic mass is 32.1. The van der Waals surface area contributed by atoms with Gasteiger partial charge in [0.1, 0.15) is 17.4 Å². The smallest absolute Gasteiger partial charge is 0.345 e. The van der Waals surface area contributed by atoms with E-state index < -0.39 is 5.97 Å². The lowest BCUT2D eigenvalue weighted by atomic mass is 9.97. The molecule has 0 saturated carbocycles. The molecule has 124 valence electrons. The Hall–Kier alpha value is -2.54. The van der Waals surface area contributed by atoms with Crippen LogP contribution in [-0.2, 0) is 0 Å². The average molecular weight is 342 g/mol. The fourth-order valence-corrected chi connectivity index (χ4v) is 4.44. The fraction of sp³-hybridized carbons (Fsp3) is 0.294. The van der Waals surface area contributed by atoms with Gasteiger partial charge in [-0.05, 0) is 36.1 Å². The van der Waals surface area contributed by atoms with Gasteiger partial charge in [0, 0.05) is 11.8 Å². The Morgan fingerprint density at radius 2 is 2.25 bits per heavy atom. The summed E-state index contributed by atoms with van der Waals surface area (Å²) in [4.78, 5) is 15.0. The molecular formula is C17H18N4O2S. The number of rotatable bonds is 3. The maximum atomic E-state index is 11.3. The minimum atomic E-state index is -0.881. The van der Waals surface area contributed by atoms with Crippen molar-refractivity contribution in [1.82, 2.24) is 15.3 Å². The average Bonchev–Trinajstić information content (AvgIpc) is 3.19. The van der Waals surface area contributed by atoms with Crippen molar-refractivity contribution in [3.05, 3.63) is 40.0 Å². The van der Waals surface area contributed by atoms with E-state index in [1.807, 2.05) is 11.2 Å². The molecule has 2 aliphatic heterocycles. The molecule has 0 aliphatic carbocycles. The molecule has 1 unspecified atom stereocenters. The van der Waals surface area contributed by atoms with Crippen LogP contribution in [0.1, 0.15) is 47.6 Å². The van der Waals surface area contributed by atoms with E-state index in [0.29, 0.717) is 4.88 Å². The van der Waals surface area contributed by atoms with Crippen LogP contribution in [0.3, 0.4) is 0 Å². The van der Waals surface area contributed by atoms with Crippen molar-refractivity contribution in [3.63, 3.8) is 0 Å². The van der Waals surface area contributed by atoms with Crippen LogP contribution in [0.2, 0.25) is 0 Å². The van der Waals surface area contributed by atoms with Gasteiger partial charge in [0.2, 0.25) is 0 Å². The number of H-pyrrole nitrogens is 1. The molecule has 2 aromatic rings. The van der Waals surface area contributed by atoms with E-state index in [1.54, 1.807) is 12.4 Å². The van der Waals surface area contributed by atoms with E-state index in [0.717, 1.165) is 27.0 Å². The summed E-state index contributed by atoms with van der Waals surface area (Å²) in [7, 11) is 0. The molecule has 0 fully saturated rings. The van der Waals surface area contributed by atoms with Gasteiger partial charge in [-0.2, -0.15) is 5.10 Å². The summed E-state index contributed by atoms with van der Waals surface area (Å²) in [5.41, 5.74) is 5.33. The van der Waals surface area contributed by atoms with E-state index in [2.05, 4.69) is 42.2 Å². The third-order valence-electron chi connectivity index (χ3n) is 4.36. The normalized spacial score (nSPS) is 19.5. The molecule has 0 bridgehead atoms. The molecule has 0 radical (unpaired) electrons. The first kappa shape index (κ1) is 15.0. The summed E-state index contributed by atoms with van der Waals surface area (Å²) in [6, 6.07) is 1.72. The van der Waals surface area contributed by atoms with E-state index in [4.69, 9.17) is 0 Å². The third kappa shape index (κ3) is 2.16. The number of hydrogen-bond acceptors (Lipinski definition) is 5. The lowest BCUT2D eigenvalue weighted by Gasteiger charge is -2.26. The molecule has 3 N–H and O–H groups in total. The summed E-state index contributed by atoms with van der Waals surface area (Å²) in [6.07, 6.45) is 5.97. The van der Waals surface area contributed by atoms with E-state index in [1.165, 1.54) is 16.9 Å². The number of nitrogens with zero attached hydrogens (tertiary/aromatic N) is 2. The van der Waals surface area contributed by atoms with Crippen LogP contribution in [0.5, 0.6) is 0 Å². The number of hydrogen-bond donors (Lipinski definition) is 3. The number of thiophene rings is 1. The number of fused-ring (bicyclic) bond motifs is 2. The van der Waals surface area contributed by atoms with Crippen molar-refractivity contribution in [3.8, 4) is 0 Å². The molecule has 0 aromatic carbocycles. The Morgan fingerprint density at radius 3 is 2.96 bits per heavy atom. The zero-order valence-corrected chi connectivity index (χ0v) is 14.4. The molecule has 4 rings (SSSR count). The molecule has 4 heterocycles. The summed E-state index contributed by atoms with van der Waals surface area (Å²) in [6.45, 7) is 6.34. The number of aromatic carboxylic acids is 1. The first-order chi connectivity index (χ1) is 11.5. The Labute approximate surface area is 143 Å². The number of carbonyl (C=O) groups is 1. The fourth-order valence-electron chi connectivity index (χ4n) is 3.29. The number of nitrogens with one attached hydrogen (secondary N) is 2. The van der Waals surface area contributed by atoms with Crippen LogP contribution < -0.4 is 5.32 Å². The molecule has 2 aliphatic rings. The minimum absolute atomic E-state index is 0.0888. The van der Waals surface area contributed by atoms with Gasteiger partial charge < -0.3 is 15.4 Å². The molecule has 0 spiro atoms. The van der Waals surface area contributed by atoms with Crippen LogP contribution >= 0.6 is 11.3 Å². The van der Waals surface area contributed by atoms with Crippen LogP contribution in [0.15, 0.2) is 29.0 Å². The maximum absolute atomic E-state index is 11.3. The van der Waals surface area contributed by atoms with Gasteiger partial charge in [-0.1, -0.05) is 13.8 Å². The maximum Gasteiger partial charge on any atom is 0.345 e. The van der Waals surface area contributed by atoms with Crippen molar-refractivity contribution >= 4 is 39.4 Å². The zero-order valence-electron chi connectivity index (χ0n) is 13.6. The predicted octanol–water partition coefficient (Wildman–Crippen LogP) is 3.53. The second kappa shape index (κ2) is 5.24. The van der Waals surface area contributed by atoms with Gasteiger partial charge >= 0.3 is 5.97 Å². The van der Waals surface area contributed by atoms with Crippen LogP contribution in [0, 0.1) is 0 Å². The van der Waals surface area contributed by atoms with Gasteiger partial charge in [-0.3, -0.25) is 0 Å². The lowest BCUT2D eigenvalue weighted by molar-refractivity contribution is 0.0702. The summed E-state index contributed by atoms with van der Waals surface area (Å²) in [5, 5.41) is 18.7. The quantitative estimate of drug-likeness (QED) is 0.797. The summed E-state index contributed by atoms with van der Waals surface area (Å²) < 4.78 is 1.02. The number of aromatic nitrogens is 1. The highest BCUT2D eigenvalue weighted by molar-refractivity contribution is 7.21. The monoisotopic (exact) mass is 342 g/mol. The second-order valence-corrected chi connectivity index (χ2v) is 7.45. The number of hydrazone groups is 1. The molecule has 0 amide bonds. The van der Waals surface area contributed by atoms with Crippen molar-refractivity contribution in [1.29, 1.82) is 0 Å². The molecule has 0 saturated heterocycles. The first-order valence-corrected chi connectivity index (χ1v) is 8.63. The molecule has 24 heavy (non-hydrogen) atoms. The summed E-state index contributed by atoms with van der Waals surface area (Å²) in [5.74, 6) is -0.602. The Morgan fingerprint density at radius 1 is 1.46 bits per heavy atom. The Kier molecular flexibility index (Phi) is 3.28. The van der Waals surface area contributed by atoms with Crippen LogP contribution in [0.25, 0.3) is 15.8 Å². The molecule has 7 heteroatoms. The van der Waals surface area contributed by atoms with Gasteiger partial charge in [0.05, 0.1) is 15.9 Å². The lowest BCUT2D eigenvalue weighted by Crippen LogP contribution is -2.35. The van der Waals surface area contributed by atoms with Crippen LogP contribution in [0.4, 0.5) is 0 Å². The number of carboxylic acid groups (broad SMARTS) is 1. The molecule has 2 aromatic heterocycles. The highest BCUT2D eigenvalue weighted by Crippen LogP contribution is 2.39. The highest BCUT2D eigenvalue weighted by Gasteiger charge is 2.27. The van der Waals surface area contributed by atoms with Gasteiger partial charge in [0.25, 0.3) is 0 Å². The topological polar surface area (TPSA) is 80.7 Å². The largest absolute Gasteiger partial charge is 0.477 e. The number of allylic oxidation sites excluding steroid dienone is 2. The second-order valence-electron chi connectivity index (χ2n) is 6.39. The molecule has 6 nitrogen and oxygen atoms in total. The van der Waals surface area contributed by atoms with Crippen molar-refractivity contribution in [2.75, 3.05) is 0 Å². The van der Waals surface area contributed by atoms with Gasteiger partial charge in [0.15, 0.2) is 0 Å². The van der Waals surface area contributed by atoms with E-state index >= 15 is 0 Å². The first-order valence-electron chi connectivity index (χ1n) is 7.81. The molecule has 1 atom stereocenters. The number of carboxylic acids is 1. The minimum Gasteiger partial charge on any atom is -0.477 e. The van der Waals surface area contributed by atoms with Crippen molar-refractivity contribution in [2.45, 2.75) is 32.9 Å². The van der Waals surface area contributed by atoms with Crippen molar-refractivity contribution in [2.24, 2.45) is 5.10 Å². The van der Waals surface area contributed by atoms with E-state index in [-0.39, 0.29) is 12.1 Å².